The molecule has 2 heteroatoms. The molecule has 1 aromatic rings. The van der Waals surface area contributed by atoms with Crippen LogP contribution in [-0.4, -0.2) is 7.11 Å². The van der Waals surface area contributed by atoms with E-state index in [1.54, 1.807) is 7.11 Å². The molecule has 0 bridgehead atoms. The minimum absolute atomic E-state index is 0.421. The monoisotopic (exact) mass is 187 g/mol. The highest BCUT2D eigenvalue weighted by atomic mass is 16.5. The molecule has 0 saturated carbocycles. The number of nitriles is 1. The maximum absolute atomic E-state index is 8.70. The Morgan fingerprint density at radius 2 is 2.43 bits per heavy atom. The second-order valence-corrected chi connectivity index (χ2v) is 3.63. The van der Waals surface area contributed by atoms with E-state index < -0.39 is 0 Å². The second-order valence-electron chi connectivity index (χ2n) is 3.63. The van der Waals surface area contributed by atoms with Crippen molar-refractivity contribution in [1.29, 1.82) is 5.26 Å². The van der Waals surface area contributed by atoms with Gasteiger partial charge in [0, 0.05) is 6.42 Å². The lowest BCUT2D eigenvalue weighted by Crippen LogP contribution is -1.93. The first-order chi connectivity index (χ1) is 6.86. The van der Waals surface area contributed by atoms with Gasteiger partial charge in [0.05, 0.1) is 13.2 Å². The van der Waals surface area contributed by atoms with Crippen molar-refractivity contribution in [1.82, 2.24) is 0 Å². The zero-order chi connectivity index (χ0) is 9.97. The topological polar surface area (TPSA) is 33.0 Å². The van der Waals surface area contributed by atoms with Crippen molar-refractivity contribution < 1.29 is 4.74 Å². The van der Waals surface area contributed by atoms with Crippen molar-refractivity contribution in [3.05, 3.63) is 29.3 Å². The summed E-state index contributed by atoms with van der Waals surface area (Å²) in [5.74, 6) is 1.40. The van der Waals surface area contributed by atoms with Crippen molar-refractivity contribution in [2.75, 3.05) is 7.11 Å². The summed E-state index contributed by atoms with van der Waals surface area (Å²) in [5, 5.41) is 8.70. The SMILES string of the molecule is COc1cccc2c1CCC2CC#N. The number of nitrogens with zero attached hydrogens (tertiary/aromatic N) is 1. The molecule has 0 spiro atoms. The van der Waals surface area contributed by atoms with Gasteiger partial charge in [-0.1, -0.05) is 12.1 Å². The Kier molecular flexibility index (Phi) is 2.41. The lowest BCUT2D eigenvalue weighted by atomic mass is 9.98. The Bertz CT molecular complexity index is 378. The molecule has 0 heterocycles. The zero-order valence-electron chi connectivity index (χ0n) is 8.29. The summed E-state index contributed by atoms with van der Waals surface area (Å²) in [6, 6.07) is 8.37. The number of rotatable bonds is 2. The first-order valence-electron chi connectivity index (χ1n) is 4.89. The molecular formula is C12H13NO. The predicted octanol–water partition coefficient (Wildman–Crippen LogP) is 2.64. The lowest BCUT2D eigenvalue weighted by Gasteiger charge is -2.08. The molecular weight excluding hydrogens is 174 g/mol. The first-order valence-corrected chi connectivity index (χ1v) is 4.89. The Labute approximate surface area is 84.1 Å². The third-order valence-corrected chi connectivity index (χ3v) is 2.91. The Morgan fingerprint density at radius 3 is 3.14 bits per heavy atom. The normalized spacial score (nSPS) is 18.7. The molecule has 14 heavy (non-hydrogen) atoms. The lowest BCUT2D eigenvalue weighted by molar-refractivity contribution is 0.410. The van der Waals surface area contributed by atoms with Gasteiger partial charge in [-0.15, -0.1) is 0 Å². The molecule has 0 fully saturated rings. The minimum Gasteiger partial charge on any atom is -0.496 e. The van der Waals surface area contributed by atoms with E-state index in [1.807, 2.05) is 12.1 Å². The summed E-state index contributed by atoms with van der Waals surface area (Å²) in [4.78, 5) is 0. The van der Waals surface area contributed by atoms with E-state index in [1.165, 1.54) is 11.1 Å². The van der Waals surface area contributed by atoms with E-state index in [0.29, 0.717) is 12.3 Å². The van der Waals surface area contributed by atoms with Crippen LogP contribution in [0.3, 0.4) is 0 Å². The molecule has 1 atom stereocenters. The van der Waals surface area contributed by atoms with Crippen LogP contribution in [0.15, 0.2) is 18.2 Å². The van der Waals surface area contributed by atoms with Crippen molar-refractivity contribution in [2.24, 2.45) is 0 Å². The van der Waals surface area contributed by atoms with Gasteiger partial charge >= 0.3 is 0 Å². The molecule has 0 aliphatic heterocycles. The summed E-state index contributed by atoms with van der Waals surface area (Å²) >= 11 is 0. The summed E-state index contributed by atoms with van der Waals surface area (Å²) in [5.41, 5.74) is 2.61. The maximum atomic E-state index is 8.70. The van der Waals surface area contributed by atoms with Gasteiger partial charge in [-0.05, 0) is 36.0 Å². The van der Waals surface area contributed by atoms with E-state index in [-0.39, 0.29) is 0 Å². The average molecular weight is 187 g/mol. The molecule has 0 radical (unpaired) electrons. The molecule has 1 unspecified atom stereocenters. The summed E-state index contributed by atoms with van der Waals surface area (Å²) in [6.45, 7) is 0. The fraction of sp³-hybridized carbons (Fsp3) is 0.417. The summed E-state index contributed by atoms with van der Waals surface area (Å²) in [6.07, 6.45) is 2.76. The molecule has 1 aliphatic rings. The third kappa shape index (κ3) is 1.35. The van der Waals surface area contributed by atoms with Crippen LogP contribution in [0.1, 0.15) is 29.9 Å². The van der Waals surface area contributed by atoms with Crippen LogP contribution in [0.4, 0.5) is 0 Å². The molecule has 1 aliphatic carbocycles. The van der Waals surface area contributed by atoms with Gasteiger partial charge in [0.25, 0.3) is 0 Å². The van der Waals surface area contributed by atoms with Gasteiger partial charge in [-0.2, -0.15) is 5.26 Å². The highest BCUT2D eigenvalue weighted by molar-refractivity contribution is 5.45. The first kappa shape index (κ1) is 9.08. The molecule has 0 saturated heterocycles. The van der Waals surface area contributed by atoms with Crippen molar-refractivity contribution in [2.45, 2.75) is 25.2 Å². The highest BCUT2D eigenvalue weighted by Gasteiger charge is 2.24. The number of hydrogen-bond acceptors (Lipinski definition) is 2. The summed E-state index contributed by atoms with van der Waals surface area (Å²) < 4.78 is 5.30. The van der Waals surface area contributed by atoms with Crippen molar-refractivity contribution >= 4 is 0 Å². The number of hydrogen-bond donors (Lipinski definition) is 0. The maximum Gasteiger partial charge on any atom is 0.122 e. The van der Waals surface area contributed by atoms with Crippen LogP contribution in [-0.2, 0) is 6.42 Å². The molecule has 2 rings (SSSR count). The second kappa shape index (κ2) is 3.71. The summed E-state index contributed by atoms with van der Waals surface area (Å²) in [7, 11) is 1.70. The zero-order valence-corrected chi connectivity index (χ0v) is 8.29. The molecule has 0 amide bonds. The number of benzene rings is 1. The number of methoxy groups -OCH3 is 1. The van der Waals surface area contributed by atoms with Gasteiger partial charge in [0.1, 0.15) is 5.75 Å². The van der Waals surface area contributed by atoms with E-state index in [0.717, 1.165) is 18.6 Å². The van der Waals surface area contributed by atoms with E-state index in [4.69, 9.17) is 10.00 Å². The molecule has 1 aromatic carbocycles. The van der Waals surface area contributed by atoms with Crippen molar-refractivity contribution in [3.8, 4) is 11.8 Å². The van der Waals surface area contributed by atoms with Crippen molar-refractivity contribution in [3.63, 3.8) is 0 Å². The van der Waals surface area contributed by atoms with Crippen LogP contribution in [0.2, 0.25) is 0 Å². The largest absolute Gasteiger partial charge is 0.496 e. The van der Waals surface area contributed by atoms with Crippen LogP contribution < -0.4 is 4.74 Å². The van der Waals surface area contributed by atoms with Gasteiger partial charge < -0.3 is 4.74 Å². The Morgan fingerprint density at radius 1 is 1.57 bits per heavy atom. The molecule has 72 valence electrons. The predicted molar refractivity (Wildman–Crippen MR) is 54.3 cm³/mol. The molecule has 0 aromatic heterocycles. The van der Waals surface area contributed by atoms with Gasteiger partial charge in [0.15, 0.2) is 0 Å². The third-order valence-electron chi connectivity index (χ3n) is 2.91. The quantitative estimate of drug-likeness (QED) is 0.713. The average Bonchev–Trinajstić information content (AvgIpc) is 2.62. The van der Waals surface area contributed by atoms with Crippen LogP contribution in [0, 0.1) is 11.3 Å². The highest BCUT2D eigenvalue weighted by Crippen LogP contribution is 2.39. The number of ether oxygens (including phenoxy) is 1. The Hall–Kier alpha value is -1.49. The molecule has 0 N–H and O–H groups in total. The number of fused-ring (bicyclic) bond motifs is 1. The van der Waals surface area contributed by atoms with Gasteiger partial charge in [0.2, 0.25) is 0 Å². The van der Waals surface area contributed by atoms with E-state index in [9.17, 15) is 0 Å². The molecule has 2 nitrogen and oxygen atoms in total. The smallest absolute Gasteiger partial charge is 0.122 e. The van der Waals surface area contributed by atoms with Crippen LogP contribution in [0.5, 0.6) is 5.75 Å². The van der Waals surface area contributed by atoms with Crippen LogP contribution in [0.25, 0.3) is 0 Å². The van der Waals surface area contributed by atoms with Gasteiger partial charge in [-0.3, -0.25) is 0 Å². The minimum atomic E-state index is 0.421. The van der Waals surface area contributed by atoms with Crippen LogP contribution >= 0.6 is 0 Å². The Balaban J connectivity index is 2.37. The van der Waals surface area contributed by atoms with E-state index >= 15 is 0 Å². The van der Waals surface area contributed by atoms with Gasteiger partial charge in [-0.25, -0.2) is 0 Å². The fourth-order valence-electron chi connectivity index (χ4n) is 2.22. The fourth-order valence-corrected chi connectivity index (χ4v) is 2.22. The van der Waals surface area contributed by atoms with E-state index in [2.05, 4.69) is 12.1 Å². The standard InChI is InChI=1S/C12H13NO/c1-14-12-4-2-3-10-9(7-8-13)5-6-11(10)12/h2-4,9H,5-7H2,1H3.